The van der Waals surface area contributed by atoms with E-state index in [1.165, 1.54) is 18.4 Å². The van der Waals surface area contributed by atoms with Crippen molar-refractivity contribution in [2.45, 2.75) is 19.3 Å². The van der Waals surface area contributed by atoms with Crippen LogP contribution in [0.15, 0.2) is 36.4 Å². The summed E-state index contributed by atoms with van der Waals surface area (Å²) in [4.78, 5) is 0. The van der Waals surface area contributed by atoms with Gasteiger partial charge in [0.25, 0.3) is 0 Å². The van der Waals surface area contributed by atoms with Crippen molar-refractivity contribution in [3.8, 4) is 0 Å². The zero-order valence-electron chi connectivity index (χ0n) is 10.5. The molecular weight excluding hydrogens is 225 g/mol. The van der Waals surface area contributed by atoms with Crippen LogP contribution in [0.3, 0.4) is 0 Å². The summed E-state index contributed by atoms with van der Waals surface area (Å²) in [7, 11) is 0. The Bertz CT molecular complexity index is 544. The molecule has 0 atom stereocenters. The summed E-state index contributed by atoms with van der Waals surface area (Å²) in [5, 5.41) is 5.22. The molecule has 0 radical (unpaired) electrons. The molecule has 1 nitrogen and oxygen atoms in total. The van der Waals surface area contributed by atoms with Gasteiger partial charge in [-0.15, -0.1) is 0 Å². The fourth-order valence-corrected chi connectivity index (χ4v) is 2.90. The van der Waals surface area contributed by atoms with E-state index in [0.717, 1.165) is 36.2 Å². The third kappa shape index (κ3) is 2.25. The van der Waals surface area contributed by atoms with Gasteiger partial charge in [-0.1, -0.05) is 30.3 Å². The molecule has 0 amide bonds. The maximum atomic E-state index is 13.7. The average Bonchev–Trinajstić information content (AvgIpc) is 2.44. The van der Waals surface area contributed by atoms with Crippen LogP contribution < -0.4 is 5.32 Å². The molecule has 0 saturated carbocycles. The molecule has 2 heteroatoms. The van der Waals surface area contributed by atoms with Gasteiger partial charge in [0, 0.05) is 5.39 Å². The lowest BCUT2D eigenvalue weighted by atomic mass is 9.89. The third-order valence-electron chi connectivity index (χ3n) is 3.93. The van der Waals surface area contributed by atoms with Crippen LogP contribution in [0.25, 0.3) is 10.8 Å². The summed E-state index contributed by atoms with van der Waals surface area (Å²) in [6.45, 7) is 2.23. The second kappa shape index (κ2) is 5.07. The van der Waals surface area contributed by atoms with Crippen LogP contribution in [0, 0.1) is 11.7 Å². The van der Waals surface area contributed by atoms with E-state index >= 15 is 0 Å². The largest absolute Gasteiger partial charge is 0.317 e. The summed E-state index contributed by atoms with van der Waals surface area (Å²) in [5.74, 6) is 0.625. The van der Waals surface area contributed by atoms with Crippen molar-refractivity contribution in [3.63, 3.8) is 0 Å². The van der Waals surface area contributed by atoms with E-state index in [2.05, 4.69) is 5.32 Å². The first-order valence-corrected chi connectivity index (χ1v) is 6.71. The Morgan fingerprint density at radius 3 is 2.50 bits per heavy atom. The quantitative estimate of drug-likeness (QED) is 0.851. The van der Waals surface area contributed by atoms with Gasteiger partial charge in [0.1, 0.15) is 5.82 Å². The molecule has 0 aliphatic carbocycles. The van der Waals surface area contributed by atoms with Gasteiger partial charge >= 0.3 is 0 Å². The fourth-order valence-electron chi connectivity index (χ4n) is 2.90. The molecule has 2 aromatic carbocycles. The van der Waals surface area contributed by atoms with Crippen LogP contribution >= 0.6 is 0 Å². The van der Waals surface area contributed by atoms with Gasteiger partial charge in [-0.05, 0) is 55.3 Å². The molecule has 0 spiro atoms. The molecule has 94 valence electrons. The molecule has 18 heavy (non-hydrogen) atoms. The topological polar surface area (TPSA) is 12.0 Å². The van der Waals surface area contributed by atoms with Crippen LogP contribution in [-0.2, 0) is 6.42 Å². The van der Waals surface area contributed by atoms with Gasteiger partial charge in [0.15, 0.2) is 0 Å². The normalized spacial score (nSPS) is 17.2. The highest BCUT2D eigenvalue weighted by Gasteiger charge is 2.15. The standard InChI is InChI=1S/C16H18FN/c17-16-6-5-13(11-12-7-9-18-10-8-12)14-3-1-2-4-15(14)16/h1-6,12,18H,7-11H2. The average molecular weight is 243 g/mol. The first kappa shape index (κ1) is 11.7. The van der Waals surface area contributed by atoms with E-state index in [1.807, 2.05) is 30.3 Å². The maximum absolute atomic E-state index is 13.7. The SMILES string of the molecule is Fc1ccc(CC2CCNCC2)c2ccccc12. The summed E-state index contributed by atoms with van der Waals surface area (Å²) in [6, 6.07) is 11.4. The fraction of sp³-hybridized carbons (Fsp3) is 0.375. The third-order valence-corrected chi connectivity index (χ3v) is 3.93. The molecule has 0 aromatic heterocycles. The van der Waals surface area contributed by atoms with Gasteiger partial charge in [-0.25, -0.2) is 4.39 Å². The Morgan fingerprint density at radius 2 is 1.72 bits per heavy atom. The monoisotopic (exact) mass is 243 g/mol. The van der Waals surface area contributed by atoms with Gasteiger partial charge < -0.3 is 5.32 Å². The smallest absolute Gasteiger partial charge is 0.131 e. The minimum absolute atomic E-state index is 0.111. The molecular formula is C16H18FN. The molecule has 1 fully saturated rings. The highest BCUT2D eigenvalue weighted by Crippen LogP contribution is 2.26. The molecule has 1 N–H and O–H groups in total. The predicted octanol–water partition coefficient (Wildman–Crippen LogP) is 3.52. The van der Waals surface area contributed by atoms with E-state index in [-0.39, 0.29) is 5.82 Å². The lowest BCUT2D eigenvalue weighted by molar-refractivity contribution is 0.373. The molecule has 2 aromatic rings. The molecule has 1 aliphatic rings. The highest BCUT2D eigenvalue weighted by molar-refractivity contribution is 5.86. The summed E-state index contributed by atoms with van der Waals surface area (Å²) < 4.78 is 13.7. The number of rotatable bonds is 2. The van der Waals surface area contributed by atoms with Crippen LogP contribution in [0.5, 0.6) is 0 Å². The van der Waals surface area contributed by atoms with Crippen molar-refractivity contribution < 1.29 is 4.39 Å². The van der Waals surface area contributed by atoms with E-state index in [1.54, 1.807) is 6.07 Å². The van der Waals surface area contributed by atoms with Crippen molar-refractivity contribution in [2.24, 2.45) is 5.92 Å². The molecule has 1 aliphatic heterocycles. The Labute approximate surface area is 107 Å². The minimum atomic E-state index is -0.111. The number of piperidine rings is 1. The first-order valence-electron chi connectivity index (χ1n) is 6.71. The van der Waals surface area contributed by atoms with Crippen LogP contribution in [0.4, 0.5) is 4.39 Å². The van der Waals surface area contributed by atoms with Crippen molar-refractivity contribution in [2.75, 3.05) is 13.1 Å². The number of benzene rings is 2. The number of halogens is 1. The minimum Gasteiger partial charge on any atom is -0.317 e. The lowest BCUT2D eigenvalue weighted by Crippen LogP contribution is -2.28. The summed E-state index contributed by atoms with van der Waals surface area (Å²) in [5.41, 5.74) is 1.29. The predicted molar refractivity (Wildman–Crippen MR) is 73.2 cm³/mol. The first-order chi connectivity index (χ1) is 8.84. The highest BCUT2D eigenvalue weighted by atomic mass is 19.1. The second-order valence-electron chi connectivity index (χ2n) is 5.15. The van der Waals surface area contributed by atoms with Crippen LogP contribution in [0.1, 0.15) is 18.4 Å². The van der Waals surface area contributed by atoms with Crippen molar-refractivity contribution in [3.05, 3.63) is 47.8 Å². The van der Waals surface area contributed by atoms with Gasteiger partial charge in [0.2, 0.25) is 0 Å². The maximum Gasteiger partial charge on any atom is 0.131 e. The van der Waals surface area contributed by atoms with Gasteiger partial charge in [0.05, 0.1) is 0 Å². The van der Waals surface area contributed by atoms with Crippen molar-refractivity contribution in [1.82, 2.24) is 5.32 Å². The Hall–Kier alpha value is -1.41. The lowest BCUT2D eigenvalue weighted by Gasteiger charge is -2.23. The zero-order chi connectivity index (χ0) is 12.4. The number of nitrogens with one attached hydrogen (secondary N) is 1. The molecule has 0 unspecified atom stereocenters. The zero-order valence-corrected chi connectivity index (χ0v) is 10.5. The number of fused-ring (bicyclic) bond motifs is 1. The Balaban J connectivity index is 1.94. The second-order valence-corrected chi connectivity index (χ2v) is 5.15. The molecule has 1 heterocycles. The van der Waals surface area contributed by atoms with E-state index < -0.39 is 0 Å². The van der Waals surface area contributed by atoms with Crippen LogP contribution in [-0.4, -0.2) is 13.1 Å². The number of hydrogen-bond donors (Lipinski definition) is 1. The van der Waals surface area contributed by atoms with E-state index in [0.29, 0.717) is 0 Å². The van der Waals surface area contributed by atoms with E-state index in [4.69, 9.17) is 0 Å². The molecule has 3 rings (SSSR count). The Kier molecular flexibility index (Phi) is 3.28. The van der Waals surface area contributed by atoms with Gasteiger partial charge in [-0.3, -0.25) is 0 Å². The number of hydrogen-bond acceptors (Lipinski definition) is 1. The molecule has 1 saturated heterocycles. The van der Waals surface area contributed by atoms with Crippen molar-refractivity contribution in [1.29, 1.82) is 0 Å². The van der Waals surface area contributed by atoms with Crippen LogP contribution in [0.2, 0.25) is 0 Å². The Morgan fingerprint density at radius 1 is 1.00 bits per heavy atom. The summed E-state index contributed by atoms with van der Waals surface area (Å²) in [6.07, 6.45) is 3.53. The van der Waals surface area contributed by atoms with E-state index in [9.17, 15) is 4.39 Å². The van der Waals surface area contributed by atoms with Gasteiger partial charge in [-0.2, -0.15) is 0 Å². The molecule has 0 bridgehead atoms. The van der Waals surface area contributed by atoms with Crippen molar-refractivity contribution >= 4 is 10.8 Å². The summed E-state index contributed by atoms with van der Waals surface area (Å²) >= 11 is 0.